The Labute approximate surface area is 273 Å². The van der Waals surface area contributed by atoms with Crippen LogP contribution in [0.15, 0.2) is 101 Å². The topological polar surface area (TPSA) is 159 Å². The third-order valence-electron chi connectivity index (χ3n) is 7.59. The van der Waals surface area contributed by atoms with Crippen LogP contribution < -0.4 is 15.8 Å². The smallest absolute Gasteiger partial charge is 0.294 e. The third kappa shape index (κ3) is 7.92. The van der Waals surface area contributed by atoms with Gasteiger partial charge in [0.25, 0.3) is 15.7 Å². The van der Waals surface area contributed by atoms with Gasteiger partial charge in [-0.15, -0.1) is 6.58 Å². The van der Waals surface area contributed by atoms with Crippen molar-refractivity contribution >= 4 is 38.5 Å². The molecule has 1 aliphatic rings. The van der Waals surface area contributed by atoms with Gasteiger partial charge in [-0.25, -0.2) is 19.3 Å². The zero-order valence-corrected chi connectivity index (χ0v) is 27.3. The number of nitrogens with one attached hydrogen (secondary N) is 1. The molecule has 0 bridgehead atoms. The monoisotopic (exact) mass is 658 g/mol. The molecule has 0 radical (unpaired) electrons. The van der Waals surface area contributed by atoms with Crippen molar-refractivity contribution in [3.8, 4) is 5.82 Å². The number of aliphatic hydroxyl groups is 1. The van der Waals surface area contributed by atoms with Crippen LogP contribution in [0.5, 0.6) is 0 Å². The Kier molecular flexibility index (Phi) is 9.86. The number of fused-ring (bicyclic) bond motifs is 1. The number of aromatic nitrogens is 5. The number of anilines is 3. The van der Waals surface area contributed by atoms with E-state index >= 15 is 0 Å². The Morgan fingerprint density at radius 2 is 1.64 bits per heavy atom. The lowest BCUT2D eigenvalue weighted by atomic mass is 10.1. The van der Waals surface area contributed by atoms with E-state index in [-0.39, 0.29) is 17.0 Å². The highest BCUT2D eigenvalue weighted by molar-refractivity contribution is 7.85. The molecule has 0 saturated carbocycles. The summed E-state index contributed by atoms with van der Waals surface area (Å²) in [5.74, 6) is 0.831. The van der Waals surface area contributed by atoms with Gasteiger partial charge in [0.2, 0.25) is 5.95 Å². The molecule has 0 aliphatic carbocycles. The summed E-state index contributed by atoms with van der Waals surface area (Å²) in [7, 11) is -1.86. The van der Waals surface area contributed by atoms with Crippen LogP contribution in [0.1, 0.15) is 19.5 Å². The Morgan fingerprint density at radius 1 is 0.957 bits per heavy atom. The average molecular weight is 659 g/mol. The molecule has 47 heavy (non-hydrogen) atoms. The molecule has 0 amide bonds. The fourth-order valence-electron chi connectivity index (χ4n) is 5.03. The molecule has 0 unspecified atom stereocenters. The van der Waals surface area contributed by atoms with E-state index in [4.69, 9.17) is 9.54 Å². The van der Waals surface area contributed by atoms with Crippen molar-refractivity contribution in [1.82, 2.24) is 29.2 Å². The van der Waals surface area contributed by atoms with Crippen molar-refractivity contribution in [2.75, 3.05) is 43.4 Å². The largest absolute Gasteiger partial charge is 0.384 e. The number of pyridine rings is 1. The summed E-state index contributed by atoms with van der Waals surface area (Å²) in [5, 5.41) is 14.1. The van der Waals surface area contributed by atoms with Crippen molar-refractivity contribution in [3.05, 3.63) is 108 Å². The minimum atomic E-state index is -4.00. The standard InChI is InChI=1S/C27H32N8O2.C6H6O3S/c1-5-13-34-25(36)21-18-28-26(29-19-9-11-20(12-10-19)33-16-14-32(4)15-17-33)31-24(21)35(34)23-8-6-7-22(30-23)27(2,3)37;7-10(8,9)6-4-2-1-3-5-6/h5-12,18,37H,1,13-17H2,2-4H3,(H,28,29,31);1-5H,(H,7,8,9). The number of rotatable bonds is 8. The van der Waals surface area contributed by atoms with Gasteiger partial charge in [0.05, 0.1) is 17.1 Å². The fraction of sp³-hybridized carbons (Fsp3) is 0.273. The average Bonchev–Trinajstić information content (AvgIpc) is 3.32. The zero-order chi connectivity index (χ0) is 33.8. The van der Waals surface area contributed by atoms with Crippen molar-refractivity contribution in [3.63, 3.8) is 0 Å². The highest BCUT2D eigenvalue weighted by atomic mass is 32.2. The first-order valence-electron chi connectivity index (χ1n) is 15.0. The summed E-state index contributed by atoms with van der Waals surface area (Å²) in [6.07, 6.45) is 3.17. The predicted octanol–water partition coefficient (Wildman–Crippen LogP) is 3.82. The number of benzene rings is 2. The lowest BCUT2D eigenvalue weighted by molar-refractivity contribution is 0.0738. The Balaban J connectivity index is 0.000000371. The van der Waals surface area contributed by atoms with Crippen molar-refractivity contribution in [1.29, 1.82) is 0 Å². The second-order valence-electron chi connectivity index (χ2n) is 11.6. The minimum Gasteiger partial charge on any atom is -0.384 e. The van der Waals surface area contributed by atoms with Crippen molar-refractivity contribution in [2.45, 2.75) is 30.9 Å². The molecule has 3 N–H and O–H groups in total. The number of hydrogen-bond acceptors (Lipinski definition) is 10. The van der Waals surface area contributed by atoms with Gasteiger partial charge < -0.3 is 20.2 Å². The Bertz CT molecular complexity index is 2010. The summed E-state index contributed by atoms with van der Waals surface area (Å²) >= 11 is 0. The quantitative estimate of drug-likeness (QED) is 0.164. The van der Waals surface area contributed by atoms with E-state index < -0.39 is 15.7 Å². The highest BCUT2D eigenvalue weighted by Crippen LogP contribution is 2.23. The van der Waals surface area contributed by atoms with Crippen LogP contribution in [-0.4, -0.2) is 80.5 Å². The molecular weight excluding hydrogens is 620 g/mol. The molecule has 2 aromatic carbocycles. The number of nitrogens with zero attached hydrogens (tertiary/aromatic N) is 7. The van der Waals surface area contributed by atoms with Gasteiger partial charge in [0.15, 0.2) is 11.5 Å². The molecule has 14 heteroatoms. The molecule has 6 rings (SSSR count). The van der Waals surface area contributed by atoms with Crippen LogP contribution in [0.25, 0.3) is 16.9 Å². The third-order valence-corrected chi connectivity index (χ3v) is 8.46. The molecule has 3 aromatic heterocycles. The minimum absolute atomic E-state index is 0.0741. The molecule has 0 atom stereocenters. The van der Waals surface area contributed by atoms with E-state index in [1.54, 1.807) is 61.0 Å². The maximum Gasteiger partial charge on any atom is 0.294 e. The molecule has 1 saturated heterocycles. The fourth-order valence-corrected chi connectivity index (χ4v) is 5.53. The predicted molar refractivity (Wildman–Crippen MR) is 182 cm³/mol. The van der Waals surface area contributed by atoms with Crippen LogP contribution in [0, 0.1) is 0 Å². The van der Waals surface area contributed by atoms with E-state index in [2.05, 4.69) is 50.8 Å². The summed E-state index contributed by atoms with van der Waals surface area (Å²) < 4.78 is 32.4. The first-order chi connectivity index (χ1) is 22.3. The van der Waals surface area contributed by atoms with Crippen molar-refractivity contribution in [2.24, 2.45) is 0 Å². The lowest BCUT2D eigenvalue weighted by Gasteiger charge is -2.34. The van der Waals surface area contributed by atoms with Gasteiger partial charge in [-0.3, -0.25) is 9.35 Å². The molecule has 0 spiro atoms. The molecule has 13 nitrogen and oxygen atoms in total. The molecule has 1 aliphatic heterocycles. The molecule has 1 fully saturated rings. The second-order valence-corrected chi connectivity index (χ2v) is 13.0. The van der Waals surface area contributed by atoms with E-state index in [1.165, 1.54) is 28.7 Å². The Hall–Kier alpha value is -4.89. The number of likely N-dealkylation sites (N-methyl/N-ethyl adjacent to an activating group) is 1. The summed E-state index contributed by atoms with van der Waals surface area (Å²) in [6, 6.07) is 20.9. The SMILES string of the molecule is C=CCn1c(=O)c2cnc(Nc3ccc(N4CCN(C)CC4)cc3)nc2n1-c1cccc(C(C)(C)O)n1.O=S(=O)(O)c1ccccc1. The number of piperazine rings is 1. The summed E-state index contributed by atoms with van der Waals surface area (Å²) in [5.41, 5.74) is 1.55. The second kappa shape index (κ2) is 13.8. The van der Waals surface area contributed by atoms with Crippen LogP contribution in [0.3, 0.4) is 0 Å². The van der Waals surface area contributed by atoms with Crippen LogP contribution in [-0.2, 0) is 22.3 Å². The molecule has 246 valence electrons. The molecule has 4 heterocycles. The summed E-state index contributed by atoms with van der Waals surface area (Å²) in [4.78, 5) is 31.5. The number of hydrogen-bond donors (Lipinski definition) is 3. The van der Waals surface area contributed by atoms with Gasteiger partial charge in [-0.05, 0) is 69.4 Å². The molecular formula is C33H38N8O5S. The highest BCUT2D eigenvalue weighted by Gasteiger charge is 2.22. The summed E-state index contributed by atoms with van der Waals surface area (Å²) in [6.45, 7) is 11.5. The zero-order valence-electron chi connectivity index (χ0n) is 26.5. The van der Waals surface area contributed by atoms with Crippen LogP contribution in [0.4, 0.5) is 17.3 Å². The van der Waals surface area contributed by atoms with Crippen LogP contribution in [0.2, 0.25) is 0 Å². The van der Waals surface area contributed by atoms with Gasteiger partial charge >= 0.3 is 0 Å². The van der Waals surface area contributed by atoms with Gasteiger partial charge in [0.1, 0.15) is 11.0 Å². The van der Waals surface area contributed by atoms with E-state index in [0.29, 0.717) is 28.5 Å². The first-order valence-corrected chi connectivity index (χ1v) is 16.4. The molecule has 5 aromatic rings. The van der Waals surface area contributed by atoms with E-state index in [9.17, 15) is 18.3 Å². The van der Waals surface area contributed by atoms with Crippen LogP contribution >= 0.6 is 0 Å². The first kappa shape index (κ1) is 33.5. The van der Waals surface area contributed by atoms with Gasteiger partial charge in [0, 0.05) is 43.8 Å². The van der Waals surface area contributed by atoms with E-state index in [0.717, 1.165) is 31.9 Å². The number of allylic oxidation sites excluding steroid dienone is 1. The van der Waals surface area contributed by atoms with Crippen molar-refractivity contribution < 1.29 is 18.1 Å². The van der Waals surface area contributed by atoms with E-state index in [1.807, 2.05) is 12.1 Å². The normalized spacial score (nSPS) is 14.0. The lowest BCUT2D eigenvalue weighted by Crippen LogP contribution is -2.44. The van der Waals surface area contributed by atoms with Gasteiger partial charge in [-0.2, -0.15) is 13.4 Å². The maximum atomic E-state index is 13.2. The Morgan fingerprint density at radius 3 is 2.23 bits per heavy atom. The maximum absolute atomic E-state index is 13.2. The van der Waals surface area contributed by atoms with Gasteiger partial charge in [-0.1, -0.05) is 30.3 Å².